The highest BCUT2D eigenvalue weighted by molar-refractivity contribution is 6.30. The van der Waals surface area contributed by atoms with Gasteiger partial charge < -0.3 is 4.74 Å². The van der Waals surface area contributed by atoms with Gasteiger partial charge in [-0.2, -0.15) is 10.1 Å². The maximum atomic E-state index is 13.5. The van der Waals surface area contributed by atoms with Gasteiger partial charge in [0.25, 0.3) is 5.56 Å². The highest BCUT2D eigenvalue weighted by atomic mass is 35.5. The van der Waals surface area contributed by atoms with Crippen LogP contribution < -0.4 is 16.3 Å². The second kappa shape index (κ2) is 7.73. The fraction of sp³-hybridized carbons (Fsp3) is 0.400. The molecule has 9 nitrogen and oxygen atoms in total. The zero-order valence-electron chi connectivity index (χ0n) is 17.3. The highest BCUT2D eigenvalue weighted by Gasteiger charge is 2.30. The monoisotopic (exact) mass is 430 g/mol. The molecule has 0 saturated heterocycles. The van der Waals surface area contributed by atoms with Crippen LogP contribution in [0.1, 0.15) is 25.5 Å². The van der Waals surface area contributed by atoms with E-state index in [2.05, 4.69) is 10.1 Å². The Morgan fingerprint density at radius 2 is 2.03 bits per heavy atom. The van der Waals surface area contributed by atoms with Gasteiger partial charge in [0.1, 0.15) is 0 Å². The van der Waals surface area contributed by atoms with E-state index in [0.29, 0.717) is 35.3 Å². The summed E-state index contributed by atoms with van der Waals surface area (Å²) in [4.78, 5) is 31.1. The number of methoxy groups -OCH3 is 1. The predicted molar refractivity (Wildman–Crippen MR) is 117 cm³/mol. The molecule has 30 heavy (non-hydrogen) atoms. The fourth-order valence-corrected chi connectivity index (χ4v) is 3.88. The second-order valence-electron chi connectivity index (χ2n) is 7.35. The molecule has 4 rings (SSSR count). The van der Waals surface area contributed by atoms with Gasteiger partial charge in [-0.05, 0) is 31.5 Å². The molecule has 0 fully saturated rings. The highest BCUT2D eigenvalue weighted by Crippen LogP contribution is 2.29. The lowest BCUT2D eigenvalue weighted by Crippen LogP contribution is -2.40. The largest absolute Gasteiger partial charge is 0.383 e. The van der Waals surface area contributed by atoms with Crippen molar-refractivity contribution >= 4 is 34.4 Å². The molecule has 158 valence electrons. The van der Waals surface area contributed by atoms with Crippen LogP contribution in [-0.4, -0.2) is 44.7 Å². The minimum absolute atomic E-state index is 0.122. The average molecular weight is 431 g/mol. The van der Waals surface area contributed by atoms with E-state index >= 15 is 0 Å². The SMILES string of the molecule is COCCN1N=C(C)[C@H](C)n2c1nc1c2c(=O)n(Cc2cccc(Cl)c2)c(=O)n1C. The molecule has 0 bridgehead atoms. The number of rotatable bonds is 5. The molecular formula is C20H23ClN6O3. The van der Waals surface area contributed by atoms with Crippen molar-refractivity contribution in [3.05, 3.63) is 55.7 Å². The van der Waals surface area contributed by atoms with E-state index < -0.39 is 5.69 Å². The number of benzene rings is 1. The molecule has 0 aliphatic carbocycles. The number of aromatic nitrogens is 4. The standard InChI is InChI=1S/C20H23ClN6O3/c1-12-13(2)27-16-17(22-19(27)26(23-12)8-9-30-4)24(3)20(29)25(18(16)28)11-14-6-5-7-15(21)10-14/h5-7,10,13H,8-9,11H2,1-4H3/t13-/m0/s1. The van der Waals surface area contributed by atoms with Crippen molar-refractivity contribution in [2.45, 2.75) is 26.4 Å². The van der Waals surface area contributed by atoms with E-state index in [1.165, 1.54) is 9.13 Å². The molecule has 0 unspecified atom stereocenters. The Morgan fingerprint density at radius 3 is 2.73 bits per heavy atom. The van der Waals surface area contributed by atoms with Gasteiger partial charge in [-0.15, -0.1) is 0 Å². The Bertz CT molecular complexity index is 1270. The maximum absolute atomic E-state index is 13.5. The number of halogens is 1. The van der Waals surface area contributed by atoms with Crippen LogP contribution in [0.3, 0.4) is 0 Å². The summed E-state index contributed by atoms with van der Waals surface area (Å²) in [6, 6.07) is 6.95. The number of ether oxygens (including phenoxy) is 1. The Hall–Kier alpha value is -2.91. The third kappa shape index (κ3) is 3.23. The quantitative estimate of drug-likeness (QED) is 0.618. The van der Waals surface area contributed by atoms with Crippen molar-refractivity contribution in [2.75, 3.05) is 25.3 Å². The molecule has 3 aromatic rings. The summed E-state index contributed by atoms with van der Waals surface area (Å²) in [6.45, 7) is 4.92. The first-order chi connectivity index (χ1) is 14.3. The minimum Gasteiger partial charge on any atom is -0.383 e. The first-order valence-corrected chi connectivity index (χ1v) is 9.99. The Morgan fingerprint density at radius 1 is 1.27 bits per heavy atom. The molecule has 1 aliphatic heterocycles. The van der Waals surface area contributed by atoms with Crippen LogP contribution in [0.4, 0.5) is 5.95 Å². The van der Waals surface area contributed by atoms with Crippen molar-refractivity contribution in [2.24, 2.45) is 12.1 Å². The summed E-state index contributed by atoms with van der Waals surface area (Å²) in [7, 11) is 3.24. The summed E-state index contributed by atoms with van der Waals surface area (Å²) in [5.74, 6) is 0.521. The zero-order valence-corrected chi connectivity index (χ0v) is 18.0. The van der Waals surface area contributed by atoms with E-state index in [1.54, 1.807) is 37.4 Å². The lowest BCUT2D eigenvalue weighted by Gasteiger charge is -2.28. The lowest BCUT2D eigenvalue weighted by atomic mass is 10.2. The lowest BCUT2D eigenvalue weighted by molar-refractivity contribution is 0.204. The Labute approximate surface area is 177 Å². The first-order valence-electron chi connectivity index (χ1n) is 9.61. The van der Waals surface area contributed by atoms with E-state index in [1.807, 2.05) is 24.5 Å². The van der Waals surface area contributed by atoms with Crippen LogP contribution >= 0.6 is 11.6 Å². The topological polar surface area (TPSA) is 86.7 Å². The van der Waals surface area contributed by atoms with E-state index in [9.17, 15) is 9.59 Å². The minimum atomic E-state index is -0.434. The van der Waals surface area contributed by atoms with Crippen LogP contribution in [0.2, 0.25) is 5.02 Å². The van der Waals surface area contributed by atoms with Crippen molar-refractivity contribution in [1.82, 2.24) is 18.7 Å². The van der Waals surface area contributed by atoms with E-state index in [0.717, 1.165) is 11.3 Å². The number of aryl methyl sites for hydroxylation is 1. The number of hydrogen-bond acceptors (Lipinski definition) is 6. The van der Waals surface area contributed by atoms with Gasteiger partial charge in [0, 0.05) is 19.2 Å². The Balaban J connectivity index is 1.95. The molecule has 0 saturated carbocycles. The van der Waals surface area contributed by atoms with Crippen LogP contribution in [0, 0.1) is 0 Å². The van der Waals surface area contributed by atoms with E-state index in [-0.39, 0.29) is 18.1 Å². The summed E-state index contributed by atoms with van der Waals surface area (Å²) in [5, 5.41) is 6.86. The molecule has 1 atom stereocenters. The summed E-state index contributed by atoms with van der Waals surface area (Å²) in [5.41, 5.74) is 1.50. The number of hydrazone groups is 1. The molecule has 2 aromatic heterocycles. The molecule has 1 aliphatic rings. The molecular weight excluding hydrogens is 408 g/mol. The van der Waals surface area contributed by atoms with E-state index in [4.69, 9.17) is 16.3 Å². The summed E-state index contributed by atoms with van der Waals surface area (Å²) in [6.07, 6.45) is 0. The van der Waals surface area contributed by atoms with Crippen molar-refractivity contribution in [3.8, 4) is 0 Å². The molecule has 0 spiro atoms. The van der Waals surface area contributed by atoms with Crippen LogP contribution in [0.25, 0.3) is 11.2 Å². The third-order valence-corrected chi connectivity index (χ3v) is 5.63. The summed E-state index contributed by atoms with van der Waals surface area (Å²) >= 11 is 6.07. The number of fused-ring (bicyclic) bond motifs is 3. The molecule has 10 heteroatoms. The van der Waals surface area contributed by atoms with Crippen LogP contribution in [-0.2, 0) is 18.3 Å². The Kier molecular flexibility index (Phi) is 5.25. The third-order valence-electron chi connectivity index (χ3n) is 5.40. The van der Waals surface area contributed by atoms with Crippen molar-refractivity contribution in [3.63, 3.8) is 0 Å². The van der Waals surface area contributed by atoms with Crippen molar-refractivity contribution < 1.29 is 4.74 Å². The molecule has 0 N–H and O–H groups in total. The van der Waals surface area contributed by atoms with Crippen LogP contribution in [0.5, 0.6) is 0 Å². The van der Waals surface area contributed by atoms with Gasteiger partial charge in [0.2, 0.25) is 5.95 Å². The van der Waals surface area contributed by atoms with Gasteiger partial charge in [-0.25, -0.2) is 9.80 Å². The smallest absolute Gasteiger partial charge is 0.332 e. The molecule has 1 aromatic carbocycles. The fourth-order valence-electron chi connectivity index (χ4n) is 3.67. The van der Waals surface area contributed by atoms with Crippen LogP contribution in [0.15, 0.2) is 39.0 Å². The van der Waals surface area contributed by atoms with Crippen molar-refractivity contribution in [1.29, 1.82) is 0 Å². The molecule has 3 heterocycles. The van der Waals surface area contributed by atoms with Gasteiger partial charge in [-0.3, -0.25) is 18.5 Å². The number of imidazole rings is 1. The predicted octanol–water partition coefficient (Wildman–Crippen LogP) is 2.00. The number of hydrogen-bond donors (Lipinski definition) is 0. The summed E-state index contributed by atoms with van der Waals surface area (Å²) < 4.78 is 9.65. The first kappa shape index (κ1) is 20.4. The number of nitrogens with zero attached hydrogens (tertiary/aromatic N) is 6. The zero-order chi connectivity index (χ0) is 21.6. The van der Waals surface area contributed by atoms with Gasteiger partial charge in [-0.1, -0.05) is 23.7 Å². The molecule has 0 radical (unpaired) electrons. The van der Waals surface area contributed by atoms with Gasteiger partial charge in [0.15, 0.2) is 11.2 Å². The van der Waals surface area contributed by atoms with Gasteiger partial charge >= 0.3 is 5.69 Å². The normalized spacial score (nSPS) is 16.1. The molecule has 0 amide bonds. The second-order valence-corrected chi connectivity index (χ2v) is 7.79. The maximum Gasteiger partial charge on any atom is 0.332 e. The number of anilines is 1. The average Bonchev–Trinajstić information content (AvgIpc) is 3.12. The van der Waals surface area contributed by atoms with Gasteiger partial charge in [0.05, 0.1) is 31.4 Å².